The summed E-state index contributed by atoms with van der Waals surface area (Å²) in [5.41, 5.74) is 16.9. The Morgan fingerprint density at radius 2 is 1.55 bits per heavy atom. The molecule has 4 unspecified atom stereocenters. The highest BCUT2D eigenvalue weighted by Gasteiger charge is 2.32. The molecule has 11 N–H and O–H groups in total. The third-order valence-corrected chi connectivity index (χ3v) is 5.73. The van der Waals surface area contributed by atoms with Crippen molar-refractivity contribution in [3.8, 4) is 5.75 Å². The van der Waals surface area contributed by atoms with Crippen molar-refractivity contribution < 1.29 is 38.9 Å². The maximum absolute atomic E-state index is 13.2. The predicted octanol–water partition coefficient (Wildman–Crippen LogP) is -1.93. The van der Waals surface area contributed by atoms with Gasteiger partial charge in [0.2, 0.25) is 17.7 Å². The van der Waals surface area contributed by atoms with Gasteiger partial charge < -0.3 is 48.1 Å². The number of rotatable bonds is 16. The molecule has 1 aromatic carbocycles. The molecule has 0 aliphatic rings. The number of hydrogen-bond donors (Lipinski definition) is 8. The highest BCUT2D eigenvalue weighted by atomic mass is 16.5. The molecule has 0 aromatic heterocycles. The molecule has 0 fully saturated rings. The Balaban J connectivity index is 3.06. The first-order valence-corrected chi connectivity index (χ1v) is 12.5. The third-order valence-electron chi connectivity index (χ3n) is 5.73. The van der Waals surface area contributed by atoms with Crippen molar-refractivity contribution in [2.45, 2.75) is 63.7 Å². The number of phenols is 1. The lowest BCUT2D eigenvalue weighted by Crippen LogP contribution is -2.58. The van der Waals surface area contributed by atoms with Gasteiger partial charge in [-0.2, -0.15) is 0 Å². The molecule has 3 amide bonds. The highest BCUT2D eigenvalue weighted by molar-refractivity contribution is 5.95. The summed E-state index contributed by atoms with van der Waals surface area (Å²) in [5.74, 6) is -4.84. The maximum atomic E-state index is 13.2. The molecular formula is C25H39N7O8. The van der Waals surface area contributed by atoms with Crippen molar-refractivity contribution in [2.75, 3.05) is 13.7 Å². The van der Waals surface area contributed by atoms with Crippen LogP contribution in [0, 0.1) is 5.92 Å². The average molecular weight is 566 g/mol. The van der Waals surface area contributed by atoms with Crippen LogP contribution < -0.4 is 33.2 Å². The molecule has 1 aromatic rings. The topological polar surface area (TPSA) is 262 Å². The number of benzene rings is 1. The van der Waals surface area contributed by atoms with Crippen LogP contribution in [0.3, 0.4) is 0 Å². The second kappa shape index (κ2) is 16.5. The number of esters is 1. The fraction of sp³-hybridized carbons (Fsp3) is 0.520. The molecule has 0 saturated heterocycles. The van der Waals surface area contributed by atoms with Crippen molar-refractivity contribution in [1.82, 2.24) is 16.0 Å². The molecule has 40 heavy (non-hydrogen) atoms. The number of methoxy groups -OCH3 is 1. The summed E-state index contributed by atoms with van der Waals surface area (Å²) in [6, 6.07) is 1.24. The predicted molar refractivity (Wildman–Crippen MR) is 145 cm³/mol. The first-order chi connectivity index (χ1) is 18.7. The maximum Gasteiger partial charge on any atom is 0.328 e. The minimum atomic E-state index is -1.41. The second-order valence-corrected chi connectivity index (χ2v) is 9.40. The van der Waals surface area contributed by atoms with Crippen LogP contribution in [0.2, 0.25) is 0 Å². The number of hydrogen-bond acceptors (Lipinski definition) is 9. The van der Waals surface area contributed by atoms with Crippen LogP contribution in [0.15, 0.2) is 29.3 Å². The first kappa shape index (κ1) is 33.6. The summed E-state index contributed by atoms with van der Waals surface area (Å²) in [6.07, 6.45) is -0.282. The number of carboxylic acid groups (broad SMARTS) is 1. The molecule has 222 valence electrons. The zero-order chi connectivity index (χ0) is 30.4. The number of phenolic OH excluding ortho intramolecular Hbond substituents is 1. The van der Waals surface area contributed by atoms with Crippen molar-refractivity contribution in [2.24, 2.45) is 28.1 Å². The Bertz CT molecular complexity index is 1060. The number of aromatic hydroxyl groups is 1. The van der Waals surface area contributed by atoms with Gasteiger partial charge in [0.1, 0.15) is 23.9 Å². The van der Waals surface area contributed by atoms with Gasteiger partial charge in [-0.05, 0) is 36.5 Å². The number of aliphatic carboxylic acids is 1. The molecule has 0 heterocycles. The van der Waals surface area contributed by atoms with Crippen LogP contribution in [0.25, 0.3) is 0 Å². The summed E-state index contributed by atoms with van der Waals surface area (Å²) in [5, 5.41) is 26.0. The Hall–Kier alpha value is -4.40. The molecule has 15 nitrogen and oxygen atoms in total. The van der Waals surface area contributed by atoms with E-state index in [1.54, 1.807) is 26.0 Å². The van der Waals surface area contributed by atoms with Crippen LogP contribution in [-0.4, -0.2) is 83.7 Å². The summed E-state index contributed by atoms with van der Waals surface area (Å²) in [6.45, 7) is 3.49. The van der Waals surface area contributed by atoms with E-state index in [1.807, 2.05) is 0 Å². The number of carbonyl (C=O) groups excluding carboxylic acids is 4. The van der Waals surface area contributed by atoms with Crippen molar-refractivity contribution in [1.29, 1.82) is 0 Å². The number of amides is 3. The lowest BCUT2D eigenvalue weighted by molar-refractivity contribution is -0.145. The van der Waals surface area contributed by atoms with E-state index in [0.717, 1.165) is 0 Å². The smallest absolute Gasteiger partial charge is 0.328 e. The SMILES string of the molecule is COC(=O)C(Cc1ccc(O)cc1)NC(=O)C(NC(=O)C(CCCN=C(N)N)NC(=O)C(N)CC(=O)O)C(C)C. The standard InChI is InChI=1S/C25H39N7O8/c1-13(2)20(23(38)31-18(24(39)40-3)11-14-6-8-15(33)9-7-14)32-22(37)17(5-4-10-29-25(27)28)30-21(36)16(26)12-19(34)35/h6-9,13,16-18,20,33H,4-5,10-12,26H2,1-3H3,(H,30,36)(H,31,38)(H,32,37)(H,34,35)(H4,27,28,29). The van der Waals surface area contributed by atoms with Gasteiger partial charge >= 0.3 is 11.9 Å². The number of nitrogens with two attached hydrogens (primary N) is 3. The van der Waals surface area contributed by atoms with Gasteiger partial charge in [-0.1, -0.05) is 26.0 Å². The van der Waals surface area contributed by atoms with E-state index in [-0.39, 0.29) is 37.5 Å². The normalized spacial score (nSPS) is 13.7. The molecular weight excluding hydrogens is 526 g/mol. The van der Waals surface area contributed by atoms with E-state index in [1.165, 1.54) is 19.2 Å². The summed E-state index contributed by atoms with van der Waals surface area (Å²) in [4.78, 5) is 66.0. The summed E-state index contributed by atoms with van der Waals surface area (Å²) < 4.78 is 4.81. The van der Waals surface area contributed by atoms with Gasteiger partial charge in [0.05, 0.1) is 19.6 Å². The van der Waals surface area contributed by atoms with Crippen LogP contribution >= 0.6 is 0 Å². The van der Waals surface area contributed by atoms with Crippen molar-refractivity contribution in [3.63, 3.8) is 0 Å². The molecule has 1 rings (SSSR count). The van der Waals surface area contributed by atoms with Crippen molar-refractivity contribution in [3.05, 3.63) is 29.8 Å². The van der Waals surface area contributed by atoms with E-state index in [2.05, 4.69) is 20.9 Å². The molecule has 15 heteroatoms. The van der Waals surface area contributed by atoms with E-state index in [4.69, 9.17) is 27.0 Å². The highest BCUT2D eigenvalue weighted by Crippen LogP contribution is 2.13. The molecule has 0 aliphatic carbocycles. The number of nitrogens with one attached hydrogen (secondary N) is 3. The number of nitrogens with zero attached hydrogens (tertiary/aromatic N) is 1. The van der Waals surface area contributed by atoms with E-state index >= 15 is 0 Å². The zero-order valence-corrected chi connectivity index (χ0v) is 22.8. The fourth-order valence-corrected chi connectivity index (χ4v) is 3.59. The van der Waals surface area contributed by atoms with E-state index < -0.39 is 66.2 Å². The third kappa shape index (κ3) is 12.0. The number of guanidine groups is 1. The van der Waals surface area contributed by atoms with Gasteiger partial charge in [0.25, 0.3) is 0 Å². The lowest BCUT2D eigenvalue weighted by Gasteiger charge is -2.27. The van der Waals surface area contributed by atoms with Gasteiger partial charge in [0.15, 0.2) is 5.96 Å². The van der Waals surface area contributed by atoms with Gasteiger partial charge in [-0.25, -0.2) is 4.79 Å². The largest absolute Gasteiger partial charge is 0.508 e. The van der Waals surface area contributed by atoms with Crippen LogP contribution in [0.1, 0.15) is 38.7 Å². The first-order valence-electron chi connectivity index (χ1n) is 12.5. The number of aliphatic imine (C=N–C) groups is 1. The van der Waals surface area contributed by atoms with E-state index in [0.29, 0.717) is 5.56 Å². The lowest BCUT2D eigenvalue weighted by atomic mass is 10.00. The molecule has 0 spiro atoms. The second-order valence-electron chi connectivity index (χ2n) is 9.40. The fourth-order valence-electron chi connectivity index (χ4n) is 3.59. The number of ether oxygens (including phenoxy) is 1. The monoisotopic (exact) mass is 565 g/mol. The summed E-state index contributed by atoms with van der Waals surface area (Å²) >= 11 is 0. The van der Waals surface area contributed by atoms with Crippen LogP contribution in [-0.2, 0) is 35.1 Å². The minimum absolute atomic E-state index is 0.0360. The van der Waals surface area contributed by atoms with Crippen LogP contribution in [0.4, 0.5) is 0 Å². The number of carboxylic acids is 1. The van der Waals surface area contributed by atoms with Gasteiger partial charge in [0, 0.05) is 13.0 Å². The van der Waals surface area contributed by atoms with Gasteiger partial charge in [-0.15, -0.1) is 0 Å². The molecule has 0 bridgehead atoms. The van der Waals surface area contributed by atoms with Crippen LogP contribution in [0.5, 0.6) is 5.75 Å². The molecule has 4 atom stereocenters. The van der Waals surface area contributed by atoms with Crippen molar-refractivity contribution >= 4 is 35.6 Å². The van der Waals surface area contributed by atoms with E-state index in [9.17, 15) is 29.1 Å². The Labute approximate surface area is 231 Å². The minimum Gasteiger partial charge on any atom is -0.508 e. The molecule has 0 radical (unpaired) electrons. The Morgan fingerprint density at radius 1 is 0.950 bits per heavy atom. The van der Waals surface area contributed by atoms with Gasteiger partial charge in [-0.3, -0.25) is 24.2 Å². The molecule has 0 aliphatic heterocycles. The zero-order valence-electron chi connectivity index (χ0n) is 22.8. The number of carbonyl (C=O) groups is 5. The average Bonchev–Trinajstić information content (AvgIpc) is 2.88. The molecule has 0 saturated carbocycles. The Kier molecular flexibility index (Phi) is 13.9. The quantitative estimate of drug-likeness (QED) is 0.0473. The summed E-state index contributed by atoms with van der Waals surface area (Å²) in [7, 11) is 1.17. The Morgan fingerprint density at radius 3 is 2.08 bits per heavy atom.